The van der Waals surface area contributed by atoms with E-state index in [2.05, 4.69) is 11.1 Å². The van der Waals surface area contributed by atoms with Gasteiger partial charge in [-0.2, -0.15) is 5.26 Å². The zero-order valence-electron chi connectivity index (χ0n) is 26.1. The van der Waals surface area contributed by atoms with E-state index < -0.39 is 46.0 Å². The molecule has 2 fully saturated rings. The first-order valence-corrected chi connectivity index (χ1v) is 15.8. The van der Waals surface area contributed by atoms with Gasteiger partial charge in [-0.25, -0.2) is 14.3 Å². The van der Waals surface area contributed by atoms with Crippen LogP contribution in [0.25, 0.3) is 21.0 Å². The molecule has 2 aliphatic rings. The number of hydrogen-bond acceptors (Lipinski definition) is 11. The molecule has 46 heavy (non-hydrogen) atoms. The third-order valence-corrected chi connectivity index (χ3v) is 11.1. The molecule has 6 rings (SSSR count). The SMILES string of the molecule is COc1ccccc1C(Cn1c(=O)n(C(C)(C)C(N)=O)c(=O)c2c(C)c(-c3ncco3)sc21)OC1C[C@]2(N)CC(C#N)C[C@]2(N)C1. The second-order valence-electron chi connectivity index (χ2n) is 13.0. The predicted octanol–water partition coefficient (Wildman–Crippen LogP) is 2.67. The summed E-state index contributed by atoms with van der Waals surface area (Å²) in [6.07, 6.45) is 3.57. The maximum atomic E-state index is 14.4. The first-order valence-electron chi connectivity index (χ1n) is 15.0. The number of nitrogens with zero attached hydrogens (tertiary/aromatic N) is 4. The number of primary amides is 1. The number of aryl methyl sites for hydroxylation is 1. The lowest BCUT2D eigenvalue weighted by atomic mass is 9.85. The number of rotatable bonds is 9. The summed E-state index contributed by atoms with van der Waals surface area (Å²) in [6, 6.07) is 9.64. The van der Waals surface area contributed by atoms with Gasteiger partial charge in [-0.05, 0) is 58.1 Å². The molecule has 3 aromatic heterocycles. The summed E-state index contributed by atoms with van der Waals surface area (Å²) >= 11 is 1.19. The lowest BCUT2D eigenvalue weighted by Crippen LogP contribution is -2.58. The first-order chi connectivity index (χ1) is 21.7. The number of oxazole rings is 1. The van der Waals surface area contributed by atoms with Gasteiger partial charge in [-0.3, -0.25) is 14.2 Å². The zero-order chi connectivity index (χ0) is 33.2. The summed E-state index contributed by atoms with van der Waals surface area (Å²) in [5.74, 6) is -0.226. The van der Waals surface area contributed by atoms with Crippen LogP contribution in [0, 0.1) is 24.2 Å². The molecule has 6 N–H and O–H groups in total. The smallest absolute Gasteiger partial charge is 0.333 e. The van der Waals surface area contributed by atoms with Gasteiger partial charge in [0.15, 0.2) is 0 Å². The molecule has 4 aromatic rings. The third-order valence-electron chi connectivity index (χ3n) is 9.77. The van der Waals surface area contributed by atoms with Gasteiger partial charge in [0.25, 0.3) is 5.56 Å². The number of amides is 1. The summed E-state index contributed by atoms with van der Waals surface area (Å²) in [4.78, 5) is 46.2. The molecule has 0 spiro atoms. The molecule has 242 valence electrons. The van der Waals surface area contributed by atoms with Gasteiger partial charge in [-0.1, -0.05) is 18.2 Å². The van der Waals surface area contributed by atoms with Crippen LogP contribution in [0.1, 0.15) is 56.8 Å². The molecular weight excluding hydrogens is 610 g/mol. The van der Waals surface area contributed by atoms with Gasteiger partial charge in [0.1, 0.15) is 28.5 Å². The number of carbonyl (C=O) groups is 1. The highest BCUT2D eigenvalue weighted by Crippen LogP contribution is 2.51. The molecule has 3 unspecified atom stereocenters. The third kappa shape index (κ3) is 4.85. The Morgan fingerprint density at radius 2 is 1.89 bits per heavy atom. The quantitative estimate of drug-likeness (QED) is 0.242. The zero-order valence-corrected chi connectivity index (χ0v) is 26.9. The highest BCUT2D eigenvalue weighted by molar-refractivity contribution is 7.22. The number of ether oxygens (including phenoxy) is 2. The lowest BCUT2D eigenvalue weighted by Gasteiger charge is -2.32. The fourth-order valence-corrected chi connectivity index (χ4v) is 8.44. The molecule has 2 saturated carbocycles. The van der Waals surface area contributed by atoms with E-state index in [1.165, 1.54) is 42.2 Å². The molecule has 1 aromatic carbocycles. The average molecular weight is 648 g/mol. The van der Waals surface area contributed by atoms with Crippen molar-refractivity contribution in [2.75, 3.05) is 7.11 Å². The van der Waals surface area contributed by atoms with Crippen molar-refractivity contribution >= 4 is 27.5 Å². The Morgan fingerprint density at radius 3 is 2.48 bits per heavy atom. The number of benzene rings is 1. The van der Waals surface area contributed by atoms with Crippen molar-refractivity contribution in [3.05, 3.63) is 68.7 Å². The van der Waals surface area contributed by atoms with Crippen LogP contribution in [0.4, 0.5) is 0 Å². The monoisotopic (exact) mass is 647 g/mol. The van der Waals surface area contributed by atoms with Crippen molar-refractivity contribution in [3.8, 4) is 22.6 Å². The molecule has 0 bridgehead atoms. The minimum Gasteiger partial charge on any atom is -0.496 e. The maximum Gasteiger partial charge on any atom is 0.333 e. The Balaban J connectivity index is 1.52. The first kappa shape index (κ1) is 31.7. The minimum absolute atomic E-state index is 0.0533. The Labute approximate surface area is 268 Å². The number of hydrogen-bond donors (Lipinski definition) is 3. The second kappa shape index (κ2) is 11.2. The van der Waals surface area contributed by atoms with Gasteiger partial charge in [0, 0.05) is 22.6 Å². The van der Waals surface area contributed by atoms with Crippen molar-refractivity contribution in [2.45, 2.75) is 81.8 Å². The van der Waals surface area contributed by atoms with Crippen LogP contribution in [-0.4, -0.2) is 44.3 Å². The van der Waals surface area contributed by atoms with Crippen LogP contribution in [0.2, 0.25) is 0 Å². The van der Waals surface area contributed by atoms with Gasteiger partial charge < -0.3 is 31.1 Å². The molecule has 1 amide bonds. The number of aromatic nitrogens is 3. The number of carbonyl (C=O) groups excluding carboxylic acids is 1. The number of fused-ring (bicyclic) bond motifs is 2. The van der Waals surface area contributed by atoms with Crippen LogP contribution in [0.5, 0.6) is 5.75 Å². The molecule has 5 atom stereocenters. The van der Waals surface area contributed by atoms with E-state index in [0.717, 1.165) is 4.57 Å². The van der Waals surface area contributed by atoms with E-state index in [1.54, 1.807) is 20.1 Å². The summed E-state index contributed by atoms with van der Waals surface area (Å²) in [6.45, 7) is 4.57. The van der Waals surface area contributed by atoms with Gasteiger partial charge in [0.2, 0.25) is 11.8 Å². The van der Waals surface area contributed by atoms with E-state index in [-0.39, 0.29) is 17.8 Å². The van der Waals surface area contributed by atoms with E-state index in [0.29, 0.717) is 58.2 Å². The van der Waals surface area contributed by atoms with Crippen molar-refractivity contribution in [3.63, 3.8) is 0 Å². The topological polar surface area (TPSA) is 207 Å². The van der Waals surface area contributed by atoms with Crippen LogP contribution in [-0.2, 0) is 21.6 Å². The Hall–Kier alpha value is -4.29. The maximum absolute atomic E-state index is 14.4. The van der Waals surface area contributed by atoms with Crippen LogP contribution >= 0.6 is 11.3 Å². The van der Waals surface area contributed by atoms with Gasteiger partial charge in [0.05, 0.1) is 42.3 Å². The molecule has 2 aliphatic carbocycles. The normalized spacial score (nSPS) is 25.0. The van der Waals surface area contributed by atoms with Crippen molar-refractivity contribution in [2.24, 2.45) is 23.1 Å². The Bertz CT molecular complexity index is 1970. The summed E-state index contributed by atoms with van der Waals surface area (Å²) in [5, 5.41) is 9.80. The van der Waals surface area contributed by atoms with E-state index in [4.69, 9.17) is 31.1 Å². The van der Waals surface area contributed by atoms with E-state index in [1.807, 2.05) is 18.2 Å². The van der Waals surface area contributed by atoms with Crippen LogP contribution in [0.3, 0.4) is 0 Å². The standard InChI is InChI=1S/C32H37N7O6S/c1-17-23-26(40)39(30(2,3)28(34)41)29(42)38(27(23)46-24(17)25-37-9-10-44-25)16-22(20-7-5-6-8-21(20)43-4)45-19-13-31(35)11-18(15-33)12-32(31,36)14-19/h5-10,18-19,22H,11-14,16,35-36H2,1-4H3,(H2,34,41)/t18?,19?,22?,31-,32+. The van der Waals surface area contributed by atoms with Crippen molar-refractivity contribution in [1.82, 2.24) is 14.1 Å². The molecule has 0 aliphatic heterocycles. The van der Waals surface area contributed by atoms with Crippen molar-refractivity contribution < 1.29 is 18.7 Å². The van der Waals surface area contributed by atoms with Crippen molar-refractivity contribution in [1.29, 1.82) is 5.26 Å². The van der Waals surface area contributed by atoms with E-state index in [9.17, 15) is 19.6 Å². The molecule has 13 nitrogen and oxygen atoms in total. The predicted molar refractivity (Wildman–Crippen MR) is 171 cm³/mol. The number of nitriles is 1. The fraction of sp³-hybridized carbons (Fsp3) is 0.469. The molecule has 0 saturated heterocycles. The van der Waals surface area contributed by atoms with Crippen LogP contribution < -0.4 is 33.2 Å². The lowest BCUT2D eigenvalue weighted by molar-refractivity contribution is -0.125. The highest BCUT2D eigenvalue weighted by atomic mass is 32.1. The number of methoxy groups -OCH3 is 1. The fourth-order valence-electron chi connectivity index (χ4n) is 7.20. The second-order valence-corrected chi connectivity index (χ2v) is 14.0. The summed E-state index contributed by atoms with van der Waals surface area (Å²) < 4.78 is 20.4. The summed E-state index contributed by atoms with van der Waals surface area (Å²) in [7, 11) is 1.55. The van der Waals surface area contributed by atoms with Gasteiger partial charge >= 0.3 is 5.69 Å². The largest absolute Gasteiger partial charge is 0.496 e. The number of thiophene rings is 1. The summed E-state index contributed by atoms with van der Waals surface area (Å²) in [5.41, 5.74) is 16.0. The highest BCUT2D eigenvalue weighted by Gasteiger charge is 2.60. The average Bonchev–Trinajstić information content (AvgIpc) is 3.75. The Kier molecular flexibility index (Phi) is 7.71. The van der Waals surface area contributed by atoms with Crippen LogP contribution in [0.15, 0.2) is 50.7 Å². The minimum atomic E-state index is -1.65. The van der Waals surface area contributed by atoms with Gasteiger partial charge in [-0.15, -0.1) is 11.3 Å². The molecule has 0 radical (unpaired) electrons. The Morgan fingerprint density at radius 1 is 1.22 bits per heavy atom. The molecule has 14 heteroatoms. The molecule has 3 heterocycles. The molecular formula is C32H37N7O6S. The van der Waals surface area contributed by atoms with E-state index >= 15 is 0 Å². The number of nitrogens with two attached hydrogens (primary N) is 3. The number of para-hydroxylation sites is 1.